The molecule has 1 fully saturated rings. The first-order chi connectivity index (χ1) is 12.1. The molecule has 7 nitrogen and oxygen atoms in total. The fraction of sp³-hybridized carbons (Fsp3) is 0.353. The zero-order valence-electron chi connectivity index (χ0n) is 13.9. The smallest absolute Gasteiger partial charge is 0.192 e. The number of nitrogens with zero attached hydrogens (tertiary/aromatic N) is 5. The molecule has 1 aliphatic rings. The summed E-state index contributed by atoms with van der Waals surface area (Å²) >= 11 is 5.92. The van der Waals surface area contributed by atoms with E-state index in [1.165, 1.54) is 6.07 Å². The summed E-state index contributed by atoms with van der Waals surface area (Å²) in [4.78, 5) is 6.72. The second kappa shape index (κ2) is 6.50. The minimum atomic E-state index is 0.0615. The lowest BCUT2D eigenvalue weighted by Gasteiger charge is -2.30. The fourth-order valence-corrected chi connectivity index (χ4v) is 3.45. The molecule has 130 valence electrons. The van der Waals surface area contributed by atoms with Crippen molar-refractivity contribution in [3.63, 3.8) is 0 Å². The molecule has 0 radical (unpaired) electrons. The van der Waals surface area contributed by atoms with Gasteiger partial charge < -0.3 is 15.3 Å². The molecule has 3 heterocycles. The average molecular weight is 359 g/mol. The van der Waals surface area contributed by atoms with E-state index in [2.05, 4.69) is 32.4 Å². The number of rotatable bonds is 3. The molecule has 25 heavy (non-hydrogen) atoms. The molecule has 4 rings (SSSR count). The Balaban J connectivity index is 1.71. The van der Waals surface area contributed by atoms with Gasteiger partial charge in [-0.05, 0) is 44.6 Å². The Hall–Kier alpha value is -2.38. The van der Waals surface area contributed by atoms with Crippen LogP contribution in [0, 0.1) is 0 Å². The van der Waals surface area contributed by atoms with E-state index in [9.17, 15) is 5.11 Å². The number of aromatic nitrogens is 4. The highest BCUT2D eigenvalue weighted by molar-refractivity contribution is 6.30. The molecule has 2 aromatic heterocycles. The number of likely N-dealkylation sites (tertiary alicyclic amines) is 1. The standard InChI is InChI=1S/C17H19ClN6O/c1-23-7-2-3-12(10-23)20-15-17-19-6-8-24(17)16(22-21-15)13-5-4-11(18)9-14(13)25/h4-6,8-9,12,25H,2-3,7,10H2,1H3,(H,20,21)/t12-/m1/s1. The van der Waals surface area contributed by atoms with Gasteiger partial charge in [0.1, 0.15) is 5.75 Å². The number of imidazole rings is 1. The first kappa shape index (κ1) is 16.1. The molecule has 1 saturated heterocycles. The summed E-state index contributed by atoms with van der Waals surface area (Å²) in [6, 6.07) is 5.25. The number of fused-ring (bicyclic) bond motifs is 1. The summed E-state index contributed by atoms with van der Waals surface area (Å²) in [7, 11) is 2.12. The molecule has 8 heteroatoms. The number of piperidine rings is 1. The first-order valence-corrected chi connectivity index (χ1v) is 8.63. The average Bonchev–Trinajstić information content (AvgIpc) is 3.06. The van der Waals surface area contributed by atoms with Crippen LogP contribution in [0.1, 0.15) is 12.8 Å². The first-order valence-electron chi connectivity index (χ1n) is 8.25. The number of phenolic OH excluding ortho intramolecular Hbond substituents is 1. The zero-order chi connectivity index (χ0) is 17.4. The number of benzene rings is 1. The monoisotopic (exact) mass is 358 g/mol. The van der Waals surface area contributed by atoms with Gasteiger partial charge in [0.15, 0.2) is 17.3 Å². The number of hydrogen-bond acceptors (Lipinski definition) is 6. The largest absolute Gasteiger partial charge is 0.507 e. The van der Waals surface area contributed by atoms with Crippen molar-refractivity contribution < 1.29 is 5.11 Å². The molecule has 1 aliphatic heterocycles. The van der Waals surface area contributed by atoms with Gasteiger partial charge >= 0.3 is 0 Å². The molecule has 0 spiro atoms. The summed E-state index contributed by atoms with van der Waals surface area (Å²) in [6.07, 6.45) is 5.76. The molecular formula is C17H19ClN6O. The number of halogens is 1. The molecule has 3 aromatic rings. The maximum atomic E-state index is 10.2. The van der Waals surface area contributed by atoms with Crippen LogP contribution >= 0.6 is 11.6 Å². The third-order valence-electron chi connectivity index (χ3n) is 4.49. The van der Waals surface area contributed by atoms with Crippen LogP contribution in [0.25, 0.3) is 17.0 Å². The predicted molar refractivity (Wildman–Crippen MR) is 97.0 cm³/mol. The minimum Gasteiger partial charge on any atom is -0.507 e. The zero-order valence-corrected chi connectivity index (χ0v) is 14.6. The van der Waals surface area contributed by atoms with Crippen LogP contribution in [0.15, 0.2) is 30.6 Å². The quantitative estimate of drug-likeness (QED) is 0.749. The van der Waals surface area contributed by atoms with Gasteiger partial charge in [-0.2, -0.15) is 0 Å². The summed E-state index contributed by atoms with van der Waals surface area (Å²) in [6.45, 7) is 2.09. The van der Waals surface area contributed by atoms with Crippen molar-refractivity contribution in [2.45, 2.75) is 18.9 Å². The van der Waals surface area contributed by atoms with Crippen molar-refractivity contribution in [2.75, 3.05) is 25.5 Å². The Morgan fingerprint density at radius 1 is 1.32 bits per heavy atom. The number of aromatic hydroxyl groups is 1. The topological polar surface area (TPSA) is 78.6 Å². The van der Waals surface area contributed by atoms with Gasteiger partial charge in [0.25, 0.3) is 0 Å². The van der Waals surface area contributed by atoms with E-state index >= 15 is 0 Å². The maximum Gasteiger partial charge on any atom is 0.192 e. The van der Waals surface area contributed by atoms with Gasteiger partial charge in [0, 0.05) is 30.0 Å². The van der Waals surface area contributed by atoms with Gasteiger partial charge in [-0.3, -0.25) is 4.40 Å². The van der Waals surface area contributed by atoms with Crippen LogP contribution in [0.5, 0.6) is 5.75 Å². The molecule has 2 N–H and O–H groups in total. The summed E-state index contributed by atoms with van der Waals surface area (Å²) in [5.41, 5.74) is 1.25. The van der Waals surface area contributed by atoms with Crippen molar-refractivity contribution in [1.29, 1.82) is 0 Å². The van der Waals surface area contributed by atoms with E-state index in [0.717, 1.165) is 25.9 Å². The number of anilines is 1. The van der Waals surface area contributed by atoms with Crippen LogP contribution < -0.4 is 5.32 Å². The Morgan fingerprint density at radius 2 is 2.20 bits per heavy atom. The van der Waals surface area contributed by atoms with Crippen LogP contribution in [0.4, 0.5) is 5.82 Å². The van der Waals surface area contributed by atoms with Crippen molar-refractivity contribution >= 4 is 23.1 Å². The fourth-order valence-electron chi connectivity index (χ4n) is 3.29. The van der Waals surface area contributed by atoms with Crippen molar-refractivity contribution in [1.82, 2.24) is 24.5 Å². The van der Waals surface area contributed by atoms with E-state index in [4.69, 9.17) is 11.6 Å². The lowest BCUT2D eigenvalue weighted by molar-refractivity contribution is 0.260. The van der Waals surface area contributed by atoms with Crippen LogP contribution in [0.3, 0.4) is 0 Å². The lowest BCUT2D eigenvalue weighted by Crippen LogP contribution is -2.40. The Morgan fingerprint density at radius 3 is 3.00 bits per heavy atom. The summed E-state index contributed by atoms with van der Waals surface area (Å²) in [5.74, 6) is 1.24. The second-order valence-corrected chi connectivity index (χ2v) is 6.84. The van der Waals surface area contributed by atoms with Gasteiger partial charge in [-0.25, -0.2) is 4.98 Å². The number of nitrogens with one attached hydrogen (secondary N) is 1. The van der Waals surface area contributed by atoms with Gasteiger partial charge in [-0.1, -0.05) is 11.6 Å². The highest BCUT2D eigenvalue weighted by Crippen LogP contribution is 2.31. The Labute approximate surface area is 150 Å². The van der Waals surface area contributed by atoms with Crippen LogP contribution in [-0.4, -0.2) is 55.8 Å². The third kappa shape index (κ3) is 3.12. The third-order valence-corrected chi connectivity index (χ3v) is 4.73. The highest BCUT2D eigenvalue weighted by Gasteiger charge is 2.20. The number of hydrogen-bond donors (Lipinski definition) is 2. The Bertz CT molecular complexity index is 911. The predicted octanol–water partition coefficient (Wildman–Crippen LogP) is 2.66. The maximum absolute atomic E-state index is 10.2. The Kier molecular flexibility index (Phi) is 4.19. The number of phenols is 1. The lowest BCUT2D eigenvalue weighted by atomic mass is 10.1. The highest BCUT2D eigenvalue weighted by atomic mass is 35.5. The second-order valence-electron chi connectivity index (χ2n) is 6.40. The van der Waals surface area contributed by atoms with Crippen LogP contribution in [0.2, 0.25) is 5.02 Å². The van der Waals surface area contributed by atoms with E-state index < -0.39 is 0 Å². The molecule has 1 aromatic carbocycles. The summed E-state index contributed by atoms with van der Waals surface area (Å²) in [5, 5.41) is 22.8. The van der Waals surface area contributed by atoms with Crippen molar-refractivity contribution in [2.24, 2.45) is 0 Å². The van der Waals surface area contributed by atoms with E-state index in [1.807, 2.05) is 10.6 Å². The molecule has 1 atom stereocenters. The molecule has 0 aliphatic carbocycles. The van der Waals surface area contributed by atoms with E-state index in [-0.39, 0.29) is 5.75 Å². The van der Waals surface area contributed by atoms with Gasteiger partial charge in [-0.15, -0.1) is 10.2 Å². The SMILES string of the molecule is CN1CCC[C@@H](Nc2nnc(-c3ccc(Cl)cc3O)n3ccnc23)C1. The van der Waals surface area contributed by atoms with Crippen molar-refractivity contribution in [3.8, 4) is 17.1 Å². The minimum absolute atomic E-state index is 0.0615. The van der Waals surface area contributed by atoms with Crippen LogP contribution in [-0.2, 0) is 0 Å². The molecule has 0 saturated carbocycles. The number of likely N-dealkylation sites (N-methyl/N-ethyl adjacent to an activating group) is 1. The normalized spacial score (nSPS) is 18.6. The van der Waals surface area contributed by atoms with E-state index in [1.54, 1.807) is 18.3 Å². The van der Waals surface area contributed by atoms with Gasteiger partial charge in [0.05, 0.1) is 5.56 Å². The molecular weight excluding hydrogens is 340 g/mol. The van der Waals surface area contributed by atoms with Gasteiger partial charge in [0.2, 0.25) is 0 Å². The van der Waals surface area contributed by atoms with E-state index in [0.29, 0.717) is 33.9 Å². The van der Waals surface area contributed by atoms with Crippen molar-refractivity contribution in [3.05, 3.63) is 35.6 Å². The summed E-state index contributed by atoms with van der Waals surface area (Å²) < 4.78 is 1.82. The molecule has 0 bridgehead atoms. The molecule has 0 amide bonds. The molecule has 0 unspecified atom stereocenters.